The van der Waals surface area contributed by atoms with Gasteiger partial charge in [0.2, 0.25) is 9.84 Å². The molecule has 23 heavy (non-hydrogen) atoms. The Morgan fingerprint density at radius 2 is 1.83 bits per heavy atom. The molecule has 1 fully saturated rings. The number of rotatable bonds is 3. The number of benzene rings is 2. The number of fused-ring (bicyclic) bond motifs is 2. The molecule has 2 aliphatic rings. The van der Waals surface area contributed by atoms with E-state index in [9.17, 15) is 8.42 Å². The van der Waals surface area contributed by atoms with Crippen LogP contribution in [-0.2, 0) is 15.3 Å². The highest BCUT2D eigenvalue weighted by Crippen LogP contribution is 2.51. The Hall–Kier alpha value is -1.58. The number of allylic oxidation sites excluding steroid dienone is 2. The molecular formula is C19H17ClO2S. The van der Waals surface area contributed by atoms with Gasteiger partial charge in [-0.2, -0.15) is 0 Å². The smallest absolute Gasteiger partial charge is 0.206 e. The third-order valence-corrected chi connectivity index (χ3v) is 7.14. The van der Waals surface area contributed by atoms with E-state index in [-0.39, 0.29) is 10.3 Å². The van der Waals surface area contributed by atoms with Gasteiger partial charge in [-0.3, -0.25) is 0 Å². The fraction of sp³-hybridized carbons (Fsp3) is 0.263. The van der Waals surface area contributed by atoms with E-state index in [2.05, 4.69) is 18.2 Å². The molecule has 2 aliphatic carbocycles. The maximum absolute atomic E-state index is 12.9. The van der Waals surface area contributed by atoms with Crippen LogP contribution in [0.2, 0.25) is 5.02 Å². The van der Waals surface area contributed by atoms with Gasteiger partial charge in [0.15, 0.2) is 0 Å². The zero-order valence-electron chi connectivity index (χ0n) is 12.6. The molecule has 2 atom stereocenters. The van der Waals surface area contributed by atoms with Crippen LogP contribution in [0.5, 0.6) is 0 Å². The van der Waals surface area contributed by atoms with Crippen LogP contribution in [0.3, 0.4) is 0 Å². The van der Waals surface area contributed by atoms with Crippen molar-refractivity contribution in [1.29, 1.82) is 0 Å². The van der Waals surface area contributed by atoms with Gasteiger partial charge in [0.05, 0.1) is 9.79 Å². The molecule has 0 spiro atoms. The Balaban J connectivity index is 1.77. The Bertz CT molecular complexity index is 884. The summed E-state index contributed by atoms with van der Waals surface area (Å²) in [7, 11) is -3.51. The van der Waals surface area contributed by atoms with Crippen molar-refractivity contribution in [2.75, 3.05) is 0 Å². The number of sulfone groups is 1. The topological polar surface area (TPSA) is 34.1 Å². The summed E-state index contributed by atoms with van der Waals surface area (Å²) in [6.07, 6.45) is 7.97. The van der Waals surface area contributed by atoms with E-state index in [0.29, 0.717) is 15.8 Å². The summed E-state index contributed by atoms with van der Waals surface area (Å²) >= 11 is 5.86. The Kier molecular flexibility index (Phi) is 3.40. The lowest BCUT2D eigenvalue weighted by Gasteiger charge is -2.24. The number of hydrogen-bond acceptors (Lipinski definition) is 2. The predicted molar refractivity (Wildman–Crippen MR) is 91.5 cm³/mol. The second-order valence-electron chi connectivity index (χ2n) is 6.50. The Morgan fingerprint density at radius 3 is 2.43 bits per heavy atom. The highest BCUT2D eigenvalue weighted by atomic mass is 35.5. The quantitative estimate of drug-likeness (QED) is 0.751. The standard InChI is InChI=1S/C19H17ClO2S/c20-16-4-6-17(7-5-16)23(21,22)18-3-1-2-15(12-18)19-10-8-14(13-19)9-11-19/h1-8,10,12,14H,9,11,13H2. The molecule has 118 valence electrons. The summed E-state index contributed by atoms with van der Waals surface area (Å²) in [6, 6.07) is 13.8. The first-order valence-corrected chi connectivity index (χ1v) is 9.66. The van der Waals surface area contributed by atoms with Crippen molar-refractivity contribution in [3.63, 3.8) is 0 Å². The van der Waals surface area contributed by atoms with Crippen molar-refractivity contribution in [3.05, 3.63) is 71.3 Å². The molecule has 1 saturated carbocycles. The minimum absolute atomic E-state index is 0.0379. The van der Waals surface area contributed by atoms with E-state index in [1.807, 2.05) is 12.1 Å². The Labute approximate surface area is 141 Å². The summed E-state index contributed by atoms with van der Waals surface area (Å²) in [5.41, 5.74) is 1.15. The van der Waals surface area contributed by atoms with Crippen molar-refractivity contribution < 1.29 is 8.42 Å². The second-order valence-corrected chi connectivity index (χ2v) is 8.89. The van der Waals surface area contributed by atoms with E-state index in [1.54, 1.807) is 30.3 Å². The van der Waals surface area contributed by atoms with Crippen molar-refractivity contribution in [2.45, 2.75) is 34.5 Å². The molecule has 0 aliphatic heterocycles. The molecule has 2 aromatic rings. The zero-order chi connectivity index (χ0) is 16.1. The SMILES string of the molecule is O=S(=O)(c1ccc(Cl)cc1)c1cccc(C23C=CC(CC2)C3)c1. The molecule has 4 rings (SSSR count). The largest absolute Gasteiger partial charge is 0.219 e. The molecule has 2 unspecified atom stereocenters. The summed E-state index contributed by atoms with van der Waals surface area (Å²) < 4.78 is 25.7. The van der Waals surface area contributed by atoms with Crippen LogP contribution in [-0.4, -0.2) is 8.42 Å². The van der Waals surface area contributed by atoms with Crippen LogP contribution in [0.15, 0.2) is 70.5 Å². The number of halogens is 1. The van der Waals surface area contributed by atoms with Gasteiger partial charge in [0, 0.05) is 10.4 Å². The maximum atomic E-state index is 12.9. The molecular weight excluding hydrogens is 328 g/mol. The van der Waals surface area contributed by atoms with E-state index < -0.39 is 9.84 Å². The highest BCUT2D eigenvalue weighted by molar-refractivity contribution is 7.91. The van der Waals surface area contributed by atoms with Crippen molar-refractivity contribution >= 4 is 21.4 Å². The van der Waals surface area contributed by atoms with Crippen LogP contribution in [0.4, 0.5) is 0 Å². The molecule has 2 aromatic carbocycles. The van der Waals surface area contributed by atoms with Gasteiger partial charge >= 0.3 is 0 Å². The van der Waals surface area contributed by atoms with E-state index in [4.69, 9.17) is 11.6 Å². The molecule has 0 amide bonds. The molecule has 0 heterocycles. The molecule has 0 saturated heterocycles. The van der Waals surface area contributed by atoms with Crippen molar-refractivity contribution in [2.24, 2.45) is 5.92 Å². The highest BCUT2D eigenvalue weighted by Gasteiger charge is 2.42. The van der Waals surface area contributed by atoms with Crippen LogP contribution in [0, 0.1) is 5.92 Å². The summed E-state index contributed by atoms with van der Waals surface area (Å²) in [4.78, 5) is 0.637. The van der Waals surface area contributed by atoms with Crippen LogP contribution < -0.4 is 0 Å². The lowest BCUT2D eigenvalue weighted by atomic mass is 9.80. The van der Waals surface area contributed by atoms with Gasteiger partial charge in [-0.25, -0.2) is 8.42 Å². The zero-order valence-corrected chi connectivity index (χ0v) is 14.1. The van der Waals surface area contributed by atoms with E-state index >= 15 is 0 Å². The fourth-order valence-corrected chi connectivity index (χ4v) is 5.26. The summed E-state index contributed by atoms with van der Waals surface area (Å²) in [5, 5.41) is 0.532. The van der Waals surface area contributed by atoms with Crippen LogP contribution in [0.25, 0.3) is 0 Å². The van der Waals surface area contributed by atoms with E-state index in [0.717, 1.165) is 18.4 Å². The van der Waals surface area contributed by atoms with Crippen LogP contribution in [0.1, 0.15) is 24.8 Å². The Morgan fingerprint density at radius 1 is 1.04 bits per heavy atom. The third kappa shape index (κ3) is 2.43. The first kappa shape index (κ1) is 15.0. The van der Waals surface area contributed by atoms with Gasteiger partial charge in [-0.15, -0.1) is 0 Å². The molecule has 0 aromatic heterocycles. The monoisotopic (exact) mass is 344 g/mol. The molecule has 0 radical (unpaired) electrons. The van der Waals surface area contributed by atoms with E-state index in [1.165, 1.54) is 6.42 Å². The normalized spacial score (nSPS) is 25.9. The van der Waals surface area contributed by atoms with Gasteiger partial charge in [0.1, 0.15) is 0 Å². The predicted octanol–water partition coefficient (Wildman–Crippen LogP) is 4.78. The summed E-state index contributed by atoms with van der Waals surface area (Å²) in [6.45, 7) is 0. The van der Waals surface area contributed by atoms with Crippen molar-refractivity contribution in [3.8, 4) is 0 Å². The molecule has 2 nitrogen and oxygen atoms in total. The van der Waals surface area contributed by atoms with Crippen molar-refractivity contribution in [1.82, 2.24) is 0 Å². The van der Waals surface area contributed by atoms with Gasteiger partial charge < -0.3 is 0 Å². The third-order valence-electron chi connectivity index (χ3n) is 5.12. The lowest BCUT2D eigenvalue weighted by molar-refractivity contribution is 0.564. The van der Waals surface area contributed by atoms with Crippen LogP contribution >= 0.6 is 11.6 Å². The van der Waals surface area contributed by atoms with Gasteiger partial charge in [-0.05, 0) is 67.1 Å². The average Bonchev–Trinajstić information content (AvgIpc) is 3.18. The number of hydrogen-bond donors (Lipinski definition) is 0. The first-order chi connectivity index (χ1) is 11.0. The molecule has 4 heteroatoms. The maximum Gasteiger partial charge on any atom is 0.206 e. The van der Waals surface area contributed by atoms with Gasteiger partial charge in [0.25, 0.3) is 0 Å². The van der Waals surface area contributed by atoms with Gasteiger partial charge in [-0.1, -0.05) is 35.9 Å². The minimum Gasteiger partial charge on any atom is -0.219 e. The second kappa shape index (κ2) is 5.22. The first-order valence-electron chi connectivity index (χ1n) is 7.80. The fourth-order valence-electron chi connectivity index (χ4n) is 3.83. The minimum atomic E-state index is -3.51. The average molecular weight is 345 g/mol. The summed E-state index contributed by atoms with van der Waals surface area (Å²) in [5.74, 6) is 0.659. The molecule has 2 bridgehead atoms. The lowest BCUT2D eigenvalue weighted by Crippen LogP contribution is -2.18. The molecule has 0 N–H and O–H groups in total.